The van der Waals surface area contributed by atoms with Gasteiger partial charge in [0, 0.05) is 27.0 Å². The van der Waals surface area contributed by atoms with E-state index in [4.69, 9.17) is 20.9 Å². The molecule has 0 amide bonds. The van der Waals surface area contributed by atoms with E-state index in [0.29, 0.717) is 44.9 Å². The van der Waals surface area contributed by atoms with E-state index in [9.17, 15) is 5.11 Å². The van der Waals surface area contributed by atoms with Crippen LogP contribution < -0.4 is 0 Å². The number of fused-ring (bicyclic) bond motifs is 1. The summed E-state index contributed by atoms with van der Waals surface area (Å²) in [6.45, 7) is 16.6. The molecule has 0 atom stereocenters. The third kappa shape index (κ3) is 8.54. The van der Waals surface area contributed by atoms with E-state index < -0.39 is 25.0 Å². The number of benzene rings is 7. The molecule has 9 aromatic rings. The number of phenols is 1. The van der Waals surface area contributed by atoms with Crippen molar-refractivity contribution in [2.45, 2.75) is 85.4 Å². The molecule has 9 rings (SSSR count). The molecule has 2 heterocycles. The third-order valence-corrected chi connectivity index (χ3v) is 12.3. The van der Waals surface area contributed by atoms with Crippen LogP contribution in [0.25, 0.3) is 83.9 Å². The van der Waals surface area contributed by atoms with Gasteiger partial charge in [0.05, 0.1) is 34.8 Å². The minimum atomic E-state index is -2.53. The first-order chi connectivity index (χ1) is 34.2. The first-order valence-corrected chi connectivity index (χ1v) is 22.1. The van der Waals surface area contributed by atoms with Gasteiger partial charge in [0.25, 0.3) is 0 Å². The summed E-state index contributed by atoms with van der Waals surface area (Å²) in [5.41, 5.74) is 11.2. The number of para-hydroxylation sites is 1. The molecule has 0 radical (unpaired) electrons. The molecule has 0 unspecified atom stereocenters. The van der Waals surface area contributed by atoms with Crippen molar-refractivity contribution in [3.05, 3.63) is 192 Å². The summed E-state index contributed by atoms with van der Waals surface area (Å²) in [4.78, 5) is 10.3. The van der Waals surface area contributed by atoms with Gasteiger partial charge in [-0.3, -0.25) is 9.55 Å². The Morgan fingerprint density at radius 2 is 1.18 bits per heavy atom. The van der Waals surface area contributed by atoms with Crippen molar-refractivity contribution in [1.82, 2.24) is 14.5 Å². The summed E-state index contributed by atoms with van der Waals surface area (Å²) in [7, 11) is 0. The SMILES string of the molecule is [2H]c1c([2H])c([2H])c(-c2ccnc(-c3cc(-c4cccc5c4nc(-c4cc(C(C)(C)C)ccc4O)n5-c4cc(C([2H])([2H])[2H])c(-c5ccc(C(C)(C)C)cc5)cc4-c4ccccc4)cc(C(C)(C)C)c3)c2)c([2H])c1[2H]. The summed E-state index contributed by atoms with van der Waals surface area (Å²) in [6.07, 6.45) is 1.59. The van der Waals surface area contributed by atoms with Gasteiger partial charge in [-0.05, 0) is 133 Å². The summed E-state index contributed by atoms with van der Waals surface area (Å²) in [5.74, 6) is 0.434. The number of phenolic OH excluding ortho intramolecular Hbond substituents is 1. The van der Waals surface area contributed by atoms with E-state index in [1.165, 1.54) is 0 Å². The van der Waals surface area contributed by atoms with E-state index in [1.807, 2.05) is 89.5 Å². The summed E-state index contributed by atoms with van der Waals surface area (Å²) in [6, 6.07) is 41.1. The van der Waals surface area contributed by atoms with E-state index in [0.717, 1.165) is 50.1 Å². The summed E-state index contributed by atoms with van der Waals surface area (Å²) < 4.78 is 71.5. The van der Waals surface area contributed by atoms with E-state index in [-0.39, 0.29) is 45.2 Å². The van der Waals surface area contributed by atoms with Crippen LogP contribution in [0.15, 0.2) is 170 Å². The molecule has 0 aliphatic rings. The number of hydrogen-bond acceptors (Lipinski definition) is 3. The maximum Gasteiger partial charge on any atom is 0.149 e. The second-order valence-electron chi connectivity index (χ2n) is 20.0. The molecule has 4 heteroatoms. The Labute approximate surface area is 396 Å². The van der Waals surface area contributed by atoms with Crippen LogP contribution in [0.5, 0.6) is 5.75 Å². The highest BCUT2D eigenvalue weighted by atomic mass is 16.3. The van der Waals surface area contributed by atoms with Crippen LogP contribution in [-0.2, 0) is 16.2 Å². The van der Waals surface area contributed by atoms with Crippen LogP contribution >= 0.6 is 0 Å². The zero-order valence-corrected chi connectivity index (χ0v) is 38.6. The van der Waals surface area contributed by atoms with Crippen LogP contribution in [0.3, 0.4) is 0 Å². The minimum absolute atomic E-state index is 0.0149. The molecule has 0 fully saturated rings. The van der Waals surface area contributed by atoms with Crippen LogP contribution in [0, 0.1) is 6.85 Å². The zero-order valence-electron chi connectivity index (χ0n) is 46.6. The molecule has 0 saturated heterocycles. The first kappa shape index (κ1) is 34.4. The number of rotatable bonds is 7. The van der Waals surface area contributed by atoms with Crippen molar-refractivity contribution < 1.29 is 16.1 Å². The maximum atomic E-state index is 11.9. The number of aryl methyl sites for hydroxylation is 1. The summed E-state index contributed by atoms with van der Waals surface area (Å²) >= 11 is 0. The van der Waals surface area contributed by atoms with Crippen molar-refractivity contribution in [2.75, 3.05) is 0 Å². The summed E-state index contributed by atoms with van der Waals surface area (Å²) in [5, 5.41) is 11.9. The van der Waals surface area contributed by atoms with Gasteiger partial charge in [-0.2, -0.15) is 0 Å². The normalized spacial score (nSPS) is 14.2. The van der Waals surface area contributed by atoms with Crippen LogP contribution in [-0.4, -0.2) is 19.6 Å². The second kappa shape index (κ2) is 16.5. The average molecular weight is 858 g/mol. The fourth-order valence-electron chi connectivity index (χ4n) is 8.45. The molecule has 65 heavy (non-hydrogen) atoms. The Morgan fingerprint density at radius 3 is 1.88 bits per heavy atom. The molecule has 0 aliphatic carbocycles. The van der Waals surface area contributed by atoms with Gasteiger partial charge < -0.3 is 5.11 Å². The molecular weight excluding hydrogens is 791 g/mol. The zero-order chi connectivity index (χ0) is 52.7. The fourth-order valence-corrected chi connectivity index (χ4v) is 8.45. The molecule has 1 N–H and O–H groups in total. The van der Waals surface area contributed by atoms with Gasteiger partial charge in [-0.15, -0.1) is 0 Å². The molecule has 0 aliphatic heterocycles. The van der Waals surface area contributed by atoms with Crippen LogP contribution in [0.4, 0.5) is 0 Å². The Bertz CT molecular complexity index is 3580. The highest BCUT2D eigenvalue weighted by Gasteiger charge is 2.26. The monoisotopic (exact) mass is 858 g/mol. The topological polar surface area (TPSA) is 50.9 Å². The van der Waals surface area contributed by atoms with Crippen molar-refractivity contribution in [1.29, 1.82) is 0 Å². The van der Waals surface area contributed by atoms with Crippen molar-refractivity contribution >= 4 is 11.0 Å². The fraction of sp³-hybridized carbons (Fsp3) is 0.213. The standard InChI is InChI=1S/C61H59N3O/c1-39-32-55(51(41-20-15-12-16-21-41)38-50(39)42-24-26-46(27-25-42)59(2,3)4)64-54-23-17-22-49(57(54)63-58(64)52-37-47(60(5,6)7)28-29-56(52)65)44-33-45(35-48(34-44)61(8,9)10)53-36-43(30-31-62-53)40-18-13-11-14-19-40/h11-38,65H,1-10H3/i1D3,11D,13D,14D,18D,19D. The van der Waals surface area contributed by atoms with Gasteiger partial charge >= 0.3 is 0 Å². The van der Waals surface area contributed by atoms with Crippen molar-refractivity contribution in [3.63, 3.8) is 0 Å². The number of imidazole rings is 1. The smallest absolute Gasteiger partial charge is 0.149 e. The predicted molar refractivity (Wildman–Crippen MR) is 274 cm³/mol. The lowest BCUT2D eigenvalue weighted by atomic mass is 9.83. The Kier molecular flexibility index (Phi) is 8.73. The van der Waals surface area contributed by atoms with E-state index in [2.05, 4.69) is 86.6 Å². The molecule has 4 nitrogen and oxygen atoms in total. The van der Waals surface area contributed by atoms with Gasteiger partial charge in [-0.1, -0.05) is 171 Å². The van der Waals surface area contributed by atoms with Crippen LogP contribution in [0.2, 0.25) is 0 Å². The lowest BCUT2D eigenvalue weighted by molar-refractivity contribution is 0.475. The van der Waals surface area contributed by atoms with Crippen molar-refractivity contribution in [3.8, 4) is 78.6 Å². The van der Waals surface area contributed by atoms with Crippen LogP contribution in [0.1, 0.15) is 95.5 Å². The predicted octanol–water partition coefficient (Wildman–Crippen LogP) is 16.3. The van der Waals surface area contributed by atoms with E-state index >= 15 is 0 Å². The molecule has 0 spiro atoms. The lowest BCUT2D eigenvalue weighted by Crippen LogP contribution is -2.11. The van der Waals surface area contributed by atoms with Gasteiger partial charge in [-0.25, -0.2) is 4.98 Å². The van der Waals surface area contributed by atoms with Crippen molar-refractivity contribution in [2.24, 2.45) is 0 Å². The van der Waals surface area contributed by atoms with Gasteiger partial charge in [0.2, 0.25) is 0 Å². The van der Waals surface area contributed by atoms with Gasteiger partial charge in [0.1, 0.15) is 11.6 Å². The third-order valence-electron chi connectivity index (χ3n) is 12.3. The molecule has 0 saturated carbocycles. The average Bonchev–Trinajstić information content (AvgIpc) is 3.73. The number of nitrogens with zero attached hydrogens (tertiary/aromatic N) is 3. The largest absolute Gasteiger partial charge is 0.507 e. The Balaban J connectivity index is 1.35. The van der Waals surface area contributed by atoms with Gasteiger partial charge in [0.15, 0.2) is 0 Å². The van der Waals surface area contributed by atoms with E-state index in [1.54, 1.807) is 30.5 Å². The Morgan fingerprint density at radius 1 is 0.508 bits per heavy atom. The quantitative estimate of drug-likeness (QED) is 0.174. The minimum Gasteiger partial charge on any atom is -0.507 e. The highest BCUT2D eigenvalue weighted by molar-refractivity contribution is 5.98. The lowest BCUT2D eigenvalue weighted by Gasteiger charge is -2.22. The highest BCUT2D eigenvalue weighted by Crippen LogP contribution is 2.44. The number of pyridine rings is 1. The molecular formula is C61H59N3O. The molecule has 324 valence electrons. The maximum absolute atomic E-state index is 11.9. The molecule has 2 aromatic heterocycles. The second-order valence-corrected chi connectivity index (χ2v) is 20.0. The molecule has 7 aromatic carbocycles. The number of aromatic nitrogens is 3. The molecule has 0 bridgehead atoms. The number of aromatic hydroxyl groups is 1. The first-order valence-electron chi connectivity index (χ1n) is 26.1. The number of hydrogen-bond donors (Lipinski definition) is 1. The Hall–Kier alpha value is -7.04.